The lowest BCUT2D eigenvalue weighted by Crippen LogP contribution is -2.43. The molecule has 0 saturated carbocycles. The lowest BCUT2D eigenvalue weighted by Gasteiger charge is -2.23. The molecule has 2 aromatic carbocycles. The largest absolute Gasteiger partial charge is 0.299 e. The molecule has 1 saturated heterocycles. The predicted octanol–water partition coefficient (Wildman–Crippen LogP) is 3.90. The van der Waals surface area contributed by atoms with E-state index in [9.17, 15) is 22.0 Å². The first kappa shape index (κ1) is 22.8. The molecule has 1 N–H and O–H groups in total. The highest BCUT2D eigenvalue weighted by Gasteiger charge is 2.40. The average Bonchev–Trinajstić information content (AvgIpc) is 3.43. The van der Waals surface area contributed by atoms with E-state index < -0.39 is 32.7 Å². The Kier molecular flexibility index (Phi) is 6.84. The minimum absolute atomic E-state index is 0.129. The average molecular weight is 497 g/mol. The van der Waals surface area contributed by atoms with Gasteiger partial charge in [0, 0.05) is 12.3 Å². The van der Waals surface area contributed by atoms with Crippen LogP contribution in [0.2, 0.25) is 0 Å². The number of hydrogen-bond donors (Lipinski definition) is 1. The molecule has 7 nitrogen and oxygen atoms in total. The van der Waals surface area contributed by atoms with Crippen LogP contribution < -0.4 is 5.32 Å². The quantitative estimate of drug-likeness (QED) is 0.394. The van der Waals surface area contributed by atoms with Crippen LogP contribution in [0.5, 0.6) is 0 Å². The zero-order valence-corrected chi connectivity index (χ0v) is 19.0. The van der Waals surface area contributed by atoms with E-state index in [1.165, 1.54) is 42.1 Å². The number of rotatable bonds is 7. The van der Waals surface area contributed by atoms with Crippen LogP contribution in [-0.2, 0) is 20.6 Å². The summed E-state index contributed by atoms with van der Waals surface area (Å²) in [6.45, 7) is 0.129. The minimum atomic E-state index is -4.16. The molecular weight excluding hydrogens is 478 g/mol. The zero-order valence-electron chi connectivity index (χ0n) is 16.6. The number of carbonyl (C=O) groups excluding carboxylic acids is 1. The number of aromatic nitrogens is 2. The summed E-state index contributed by atoms with van der Waals surface area (Å²) in [5.74, 6) is -1.14. The maximum absolute atomic E-state index is 14.1. The van der Waals surface area contributed by atoms with Gasteiger partial charge in [0.25, 0.3) is 0 Å². The number of amides is 1. The molecule has 1 aromatic heterocycles. The Morgan fingerprint density at radius 2 is 1.91 bits per heavy atom. The van der Waals surface area contributed by atoms with Gasteiger partial charge in [-0.05, 0) is 42.7 Å². The third kappa shape index (κ3) is 4.98. The summed E-state index contributed by atoms with van der Waals surface area (Å²) in [6, 6.07) is 10.3. The zero-order chi connectivity index (χ0) is 22.7. The van der Waals surface area contributed by atoms with Crippen molar-refractivity contribution in [1.82, 2.24) is 14.5 Å². The summed E-state index contributed by atoms with van der Waals surface area (Å²) in [4.78, 5) is 12.3. The molecule has 0 radical (unpaired) electrons. The van der Waals surface area contributed by atoms with E-state index in [4.69, 9.17) is 0 Å². The van der Waals surface area contributed by atoms with E-state index in [0.717, 1.165) is 27.3 Å². The van der Waals surface area contributed by atoms with Gasteiger partial charge in [0.1, 0.15) is 22.6 Å². The van der Waals surface area contributed by atoms with Gasteiger partial charge in [0.2, 0.25) is 21.1 Å². The molecule has 168 valence electrons. The smallest absolute Gasteiger partial charge is 0.246 e. The first-order valence-electron chi connectivity index (χ1n) is 9.62. The van der Waals surface area contributed by atoms with Crippen molar-refractivity contribution in [3.63, 3.8) is 0 Å². The van der Waals surface area contributed by atoms with Gasteiger partial charge in [-0.25, -0.2) is 17.2 Å². The molecule has 0 aliphatic carbocycles. The van der Waals surface area contributed by atoms with E-state index in [1.807, 2.05) is 0 Å². The van der Waals surface area contributed by atoms with Crippen LogP contribution in [0.1, 0.15) is 18.4 Å². The molecule has 1 fully saturated rings. The Bertz CT molecular complexity index is 1220. The van der Waals surface area contributed by atoms with E-state index in [2.05, 4.69) is 15.5 Å². The Labute approximate surface area is 191 Å². The molecule has 3 aromatic rings. The normalized spacial score (nSPS) is 16.9. The van der Waals surface area contributed by atoms with Crippen LogP contribution in [0.4, 0.5) is 13.9 Å². The van der Waals surface area contributed by atoms with Gasteiger partial charge >= 0.3 is 0 Å². The maximum atomic E-state index is 14.1. The van der Waals surface area contributed by atoms with Crippen molar-refractivity contribution in [2.24, 2.45) is 0 Å². The molecule has 1 atom stereocenters. The lowest BCUT2D eigenvalue weighted by molar-refractivity contribution is -0.119. The van der Waals surface area contributed by atoms with Crippen molar-refractivity contribution in [2.75, 3.05) is 11.9 Å². The van der Waals surface area contributed by atoms with Gasteiger partial charge in [0.15, 0.2) is 4.34 Å². The van der Waals surface area contributed by atoms with E-state index in [-0.39, 0.29) is 17.5 Å². The van der Waals surface area contributed by atoms with Crippen LogP contribution in [0.3, 0.4) is 0 Å². The number of anilines is 1. The number of halogens is 2. The fraction of sp³-hybridized carbons (Fsp3) is 0.250. The number of sulfonamides is 1. The minimum Gasteiger partial charge on any atom is -0.299 e. The Balaban J connectivity index is 1.41. The highest BCUT2D eigenvalue weighted by molar-refractivity contribution is 8.00. The predicted molar refractivity (Wildman–Crippen MR) is 118 cm³/mol. The molecule has 1 amide bonds. The Hall–Kier alpha value is -2.41. The summed E-state index contributed by atoms with van der Waals surface area (Å²) < 4.78 is 54.6. The summed E-state index contributed by atoms with van der Waals surface area (Å²) in [6.07, 6.45) is 0.811. The number of nitrogens with one attached hydrogen (secondary N) is 1. The second-order valence-corrected chi connectivity index (χ2v) is 11.0. The van der Waals surface area contributed by atoms with Crippen LogP contribution in [0.25, 0.3) is 0 Å². The molecule has 12 heteroatoms. The van der Waals surface area contributed by atoms with Crippen LogP contribution in [0.15, 0.2) is 57.8 Å². The van der Waals surface area contributed by atoms with Gasteiger partial charge in [-0.2, -0.15) is 4.31 Å². The second-order valence-electron chi connectivity index (χ2n) is 6.98. The number of nitrogens with zero attached hydrogens (tertiary/aromatic N) is 3. The topological polar surface area (TPSA) is 92.3 Å². The summed E-state index contributed by atoms with van der Waals surface area (Å²) in [5.41, 5.74) is 0.914. The van der Waals surface area contributed by atoms with Gasteiger partial charge in [-0.3, -0.25) is 10.1 Å². The van der Waals surface area contributed by atoms with Crippen LogP contribution in [-0.4, -0.2) is 41.4 Å². The van der Waals surface area contributed by atoms with Gasteiger partial charge in [0.05, 0.1) is 0 Å². The van der Waals surface area contributed by atoms with Crippen molar-refractivity contribution < 1.29 is 22.0 Å². The van der Waals surface area contributed by atoms with E-state index in [1.54, 1.807) is 12.1 Å². The van der Waals surface area contributed by atoms with Gasteiger partial charge in [-0.15, -0.1) is 10.2 Å². The highest BCUT2D eigenvalue weighted by atomic mass is 32.2. The molecule has 0 unspecified atom stereocenters. The van der Waals surface area contributed by atoms with Crippen LogP contribution in [0, 0.1) is 11.6 Å². The molecule has 4 rings (SSSR count). The molecule has 32 heavy (non-hydrogen) atoms. The van der Waals surface area contributed by atoms with Crippen molar-refractivity contribution in [1.29, 1.82) is 0 Å². The van der Waals surface area contributed by atoms with Crippen molar-refractivity contribution in [2.45, 2.75) is 33.9 Å². The molecule has 1 aliphatic heterocycles. The molecule has 2 heterocycles. The first-order valence-corrected chi connectivity index (χ1v) is 12.9. The maximum Gasteiger partial charge on any atom is 0.246 e. The lowest BCUT2D eigenvalue weighted by atomic mass is 10.2. The van der Waals surface area contributed by atoms with Gasteiger partial charge in [-0.1, -0.05) is 47.4 Å². The fourth-order valence-corrected chi connectivity index (χ4v) is 6.74. The van der Waals surface area contributed by atoms with Crippen molar-refractivity contribution in [3.8, 4) is 0 Å². The standard InChI is InChI=1S/C20H18F2N4O3S3/c21-14-9-7-13(8-10-14)12-30-20-25-24-19(31-20)23-18(27)16-5-3-11-26(16)32(28,29)17-6-2-1-4-15(17)22/h1-2,4,6-10,16H,3,5,11-12H2,(H,23,24,27)/t16-/m1/s1. The van der Waals surface area contributed by atoms with Crippen molar-refractivity contribution >= 4 is 44.2 Å². The SMILES string of the molecule is O=C(Nc1nnc(SCc2ccc(F)cc2)s1)[C@H]1CCCN1S(=O)(=O)c1ccccc1F. The van der Waals surface area contributed by atoms with Crippen LogP contribution >= 0.6 is 23.1 Å². The molecule has 0 spiro atoms. The number of carbonyl (C=O) groups is 1. The van der Waals surface area contributed by atoms with Crippen molar-refractivity contribution in [3.05, 3.63) is 65.7 Å². The highest BCUT2D eigenvalue weighted by Crippen LogP contribution is 2.31. The van der Waals surface area contributed by atoms with Gasteiger partial charge < -0.3 is 0 Å². The third-order valence-corrected chi connectivity index (χ3v) is 8.83. The fourth-order valence-electron chi connectivity index (χ4n) is 3.30. The molecule has 1 aliphatic rings. The second kappa shape index (κ2) is 9.61. The molecular formula is C20H18F2N4O3S3. The summed E-state index contributed by atoms with van der Waals surface area (Å²) >= 11 is 2.54. The summed E-state index contributed by atoms with van der Waals surface area (Å²) in [7, 11) is -4.16. The Morgan fingerprint density at radius 1 is 1.16 bits per heavy atom. The number of benzene rings is 2. The third-order valence-electron chi connectivity index (χ3n) is 4.84. The molecule has 0 bridgehead atoms. The number of hydrogen-bond acceptors (Lipinski definition) is 7. The van der Waals surface area contributed by atoms with E-state index in [0.29, 0.717) is 22.9 Å². The van der Waals surface area contributed by atoms with E-state index >= 15 is 0 Å². The number of thioether (sulfide) groups is 1. The first-order chi connectivity index (χ1) is 15.3. The Morgan fingerprint density at radius 3 is 2.66 bits per heavy atom. The monoisotopic (exact) mass is 496 g/mol. The summed E-state index contributed by atoms with van der Waals surface area (Å²) in [5, 5.41) is 10.8.